The molecule has 2 aliphatic rings. The number of aromatic nitrogens is 2. The second-order valence-corrected chi connectivity index (χ2v) is 9.81. The molecule has 168 valence electrons. The number of thiazole rings is 1. The zero-order valence-electron chi connectivity index (χ0n) is 18.4. The van der Waals surface area contributed by atoms with E-state index in [0.29, 0.717) is 0 Å². The zero-order valence-corrected chi connectivity index (χ0v) is 19.3. The number of hydrogen-bond donors (Lipinski definition) is 1. The third-order valence-electron chi connectivity index (χ3n) is 6.67. The largest absolute Gasteiger partial charge is 0.383 e. The first-order valence-corrected chi connectivity index (χ1v) is 12.4. The zero-order chi connectivity index (χ0) is 21.8. The highest BCUT2D eigenvalue weighted by Gasteiger charge is 2.36. The second-order valence-electron chi connectivity index (χ2n) is 8.87. The topological polar surface area (TPSA) is 55.7 Å². The first-order valence-electron chi connectivity index (χ1n) is 11.5. The molecule has 1 aromatic carbocycles. The van der Waals surface area contributed by atoms with Gasteiger partial charge in [-0.2, -0.15) is 0 Å². The number of likely N-dealkylation sites (tertiary alicyclic amines) is 1. The number of pyridine rings is 1. The molecule has 0 bridgehead atoms. The SMILES string of the molecule is OC1(c2csc(CN3CCN(c4ccccn4)CC3)n2)CCN(Cc2ccccc2)CC1. The molecule has 2 aliphatic heterocycles. The van der Waals surface area contributed by atoms with Crippen molar-refractivity contribution in [2.75, 3.05) is 44.2 Å². The average Bonchev–Trinajstić information content (AvgIpc) is 3.32. The van der Waals surface area contributed by atoms with E-state index in [2.05, 4.69) is 61.5 Å². The number of anilines is 1. The van der Waals surface area contributed by atoms with Crippen LogP contribution in [0, 0.1) is 0 Å². The predicted molar refractivity (Wildman–Crippen MR) is 129 cm³/mol. The van der Waals surface area contributed by atoms with Crippen LogP contribution in [0.25, 0.3) is 0 Å². The monoisotopic (exact) mass is 449 g/mol. The fraction of sp³-hybridized carbons (Fsp3) is 0.440. The Labute approximate surface area is 194 Å². The highest BCUT2D eigenvalue weighted by Crippen LogP contribution is 2.34. The first kappa shape index (κ1) is 21.5. The van der Waals surface area contributed by atoms with Crippen molar-refractivity contribution in [3.05, 3.63) is 76.4 Å². The van der Waals surface area contributed by atoms with Crippen LogP contribution in [0.4, 0.5) is 5.82 Å². The van der Waals surface area contributed by atoms with Crippen molar-refractivity contribution in [1.82, 2.24) is 19.8 Å². The van der Waals surface area contributed by atoms with E-state index in [1.54, 1.807) is 11.3 Å². The van der Waals surface area contributed by atoms with Gasteiger partial charge in [-0.1, -0.05) is 36.4 Å². The molecular weight excluding hydrogens is 418 g/mol. The van der Waals surface area contributed by atoms with Crippen molar-refractivity contribution in [3.8, 4) is 0 Å². The summed E-state index contributed by atoms with van der Waals surface area (Å²) in [6.07, 6.45) is 3.34. The molecule has 0 atom stereocenters. The van der Waals surface area contributed by atoms with Crippen molar-refractivity contribution in [3.63, 3.8) is 0 Å². The standard InChI is InChI=1S/C25H31N5OS/c31-25(9-12-28(13-10-25)18-21-6-2-1-3-7-21)22-20-32-24(27-22)19-29-14-16-30(17-15-29)23-8-4-5-11-26-23/h1-8,11,20,31H,9-10,12-19H2. The Kier molecular flexibility index (Phi) is 6.50. The molecule has 2 fully saturated rings. The molecule has 1 N–H and O–H groups in total. The van der Waals surface area contributed by atoms with E-state index in [0.717, 1.165) is 81.7 Å². The van der Waals surface area contributed by atoms with Crippen LogP contribution in [0.5, 0.6) is 0 Å². The maximum Gasteiger partial charge on any atom is 0.128 e. The van der Waals surface area contributed by atoms with E-state index in [1.807, 2.05) is 18.3 Å². The van der Waals surface area contributed by atoms with Crippen LogP contribution in [0.1, 0.15) is 29.1 Å². The molecule has 4 heterocycles. The number of piperazine rings is 1. The first-order chi connectivity index (χ1) is 15.7. The summed E-state index contributed by atoms with van der Waals surface area (Å²) in [7, 11) is 0. The summed E-state index contributed by atoms with van der Waals surface area (Å²) in [4.78, 5) is 16.6. The van der Waals surface area contributed by atoms with Gasteiger partial charge in [-0.25, -0.2) is 9.97 Å². The van der Waals surface area contributed by atoms with Gasteiger partial charge < -0.3 is 10.0 Å². The van der Waals surface area contributed by atoms with E-state index in [4.69, 9.17) is 4.98 Å². The normalized spacial score (nSPS) is 19.8. The third-order valence-corrected chi connectivity index (χ3v) is 7.50. The van der Waals surface area contributed by atoms with Crippen LogP contribution in [0.3, 0.4) is 0 Å². The predicted octanol–water partition coefficient (Wildman–Crippen LogP) is 3.34. The van der Waals surface area contributed by atoms with Gasteiger partial charge in [0.1, 0.15) is 16.4 Å². The number of hydrogen-bond acceptors (Lipinski definition) is 7. The van der Waals surface area contributed by atoms with Gasteiger partial charge in [0.15, 0.2) is 0 Å². The fourth-order valence-corrected chi connectivity index (χ4v) is 5.57. The second kappa shape index (κ2) is 9.67. The molecule has 6 nitrogen and oxygen atoms in total. The summed E-state index contributed by atoms with van der Waals surface area (Å²) in [5.41, 5.74) is 1.40. The van der Waals surface area contributed by atoms with E-state index in [9.17, 15) is 5.11 Å². The average molecular weight is 450 g/mol. The minimum absolute atomic E-state index is 0.742. The number of rotatable bonds is 6. The van der Waals surface area contributed by atoms with Gasteiger partial charge in [0, 0.05) is 57.4 Å². The lowest BCUT2D eigenvalue weighted by Gasteiger charge is -2.37. The minimum Gasteiger partial charge on any atom is -0.383 e. The lowest BCUT2D eigenvalue weighted by atomic mass is 9.88. The molecule has 0 unspecified atom stereocenters. The van der Waals surface area contributed by atoms with Crippen molar-refractivity contribution in [1.29, 1.82) is 0 Å². The lowest BCUT2D eigenvalue weighted by Crippen LogP contribution is -2.46. The van der Waals surface area contributed by atoms with Crippen LogP contribution in [-0.4, -0.2) is 64.1 Å². The van der Waals surface area contributed by atoms with Crippen LogP contribution in [-0.2, 0) is 18.7 Å². The summed E-state index contributed by atoms with van der Waals surface area (Å²) < 4.78 is 0. The van der Waals surface area contributed by atoms with E-state index in [-0.39, 0.29) is 0 Å². The molecule has 0 radical (unpaired) electrons. The fourth-order valence-electron chi connectivity index (χ4n) is 4.64. The highest BCUT2D eigenvalue weighted by atomic mass is 32.1. The van der Waals surface area contributed by atoms with E-state index in [1.165, 1.54) is 5.56 Å². The summed E-state index contributed by atoms with van der Waals surface area (Å²) >= 11 is 1.68. The Morgan fingerprint density at radius 1 is 0.844 bits per heavy atom. The van der Waals surface area contributed by atoms with Crippen molar-refractivity contribution in [2.45, 2.75) is 31.5 Å². The lowest BCUT2D eigenvalue weighted by molar-refractivity contribution is -0.0308. The third kappa shape index (κ3) is 5.02. The molecule has 32 heavy (non-hydrogen) atoms. The molecule has 7 heteroatoms. The molecule has 2 saturated heterocycles. The van der Waals surface area contributed by atoms with Crippen LogP contribution >= 0.6 is 11.3 Å². The summed E-state index contributed by atoms with van der Waals surface area (Å²) in [5, 5.41) is 14.5. The smallest absolute Gasteiger partial charge is 0.128 e. The van der Waals surface area contributed by atoms with Gasteiger partial charge >= 0.3 is 0 Å². The Hall–Kier alpha value is -2.32. The van der Waals surface area contributed by atoms with Crippen LogP contribution in [0.2, 0.25) is 0 Å². The van der Waals surface area contributed by atoms with Gasteiger partial charge in [-0.05, 0) is 30.5 Å². The highest BCUT2D eigenvalue weighted by molar-refractivity contribution is 7.09. The summed E-state index contributed by atoms with van der Waals surface area (Å²) in [6, 6.07) is 16.7. The maximum absolute atomic E-state index is 11.3. The Morgan fingerprint density at radius 2 is 1.56 bits per heavy atom. The molecule has 3 aromatic rings. The molecule has 0 saturated carbocycles. The number of benzene rings is 1. The number of nitrogens with zero attached hydrogens (tertiary/aromatic N) is 5. The number of piperidine rings is 1. The molecule has 0 spiro atoms. The molecule has 0 aliphatic carbocycles. The number of aliphatic hydroxyl groups is 1. The Morgan fingerprint density at radius 3 is 2.28 bits per heavy atom. The minimum atomic E-state index is -0.792. The quantitative estimate of drug-likeness (QED) is 0.623. The van der Waals surface area contributed by atoms with Gasteiger partial charge in [0.05, 0.1) is 12.2 Å². The Bertz CT molecular complexity index is 980. The van der Waals surface area contributed by atoms with Crippen LogP contribution in [0.15, 0.2) is 60.1 Å². The molecule has 0 amide bonds. The van der Waals surface area contributed by atoms with Crippen molar-refractivity contribution < 1.29 is 5.11 Å². The van der Waals surface area contributed by atoms with Crippen molar-refractivity contribution >= 4 is 17.2 Å². The summed E-state index contributed by atoms with van der Waals surface area (Å²) in [5.74, 6) is 1.06. The van der Waals surface area contributed by atoms with Crippen molar-refractivity contribution in [2.24, 2.45) is 0 Å². The van der Waals surface area contributed by atoms with Gasteiger partial charge in [-0.3, -0.25) is 9.80 Å². The van der Waals surface area contributed by atoms with Gasteiger partial charge in [0.25, 0.3) is 0 Å². The maximum atomic E-state index is 11.3. The van der Waals surface area contributed by atoms with E-state index < -0.39 is 5.60 Å². The molecular formula is C25H31N5OS. The van der Waals surface area contributed by atoms with Gasteiger partial charge in [-0.15, -0.1) is 11.3 Å². The molecule has 5 rings (SSSR count). The van der Waals surface area contributed by atoms with E-state index >= 15 is 0 Å². The van der Waals surface area contributed by atoms with Crippen LogP contribution < -0.4 is 4.90 Å². The van der Waals surface area contributed by atoms with Gasteiger partial charge in [0.2, 0.25) is 0 Å². The Balaban J connectivity index is 1.12. The summed E-state index contributed by atoms with van der Waals surface area (Å²) in [6.45, 7) is 7.57. The molecule has 2 aromatic heterocycles.